The number of hydrogen-bond donors (Lipinski definition) is 0. The minimum Gasteiger partial charge on any atom is -0.459 e. The van der Waals surface area contributed by atoms with Crippen molar-refractivity contribution in [1.29, 1.82) is 0 Å². The smallest absolute Gasteiger partial charge is 0.303 e. The fourth-order valence-corrected chi connectivity index (χ4v) is 1.85. The van der Waals surface area contributed by atoms with E-state index in [1.54, 1.807) is 0 Å². The predicted molar refractivity (Wildman–Crippen MR) is 81.6 cm³/mol. The number of hydrogen-bond acceptors (Lipinski definition) is 4. The van der Waals surface area contributed by atoms with Gasteiger partial charge in [-0.1, -0.05) is 51.1 Å². The first-order valence-electron chi connectivity index (χ1n) is 6.93. The lowest BCUT2D eigenvalue weighted by Crippen LogP contribution is -2.16. The maximum absolute atomic E-state index is 11.0. The molecule has 4 nitrogen and oxygen atoms in total. The molecule has 0 spiro atoms. The molecule has 0 radical (unpaired) electrons. The fraction of sp³-hybridized carbons (Fsp3) is 0.353. The van der Waals surface area contributed by atoms with Gasteiger partial charge in [-0.05, 0) is 6.07 Å². The Morgan fingerprint density at radius 1 is 1.14 bits per heavy atom. The van der Waals surface area contributed by atoms with Crippen LogP contribution in [0.1, 0.15) is 39.1 Å². The predicted octanol–water partition coefficient (Wildman–Crippen LogP) is 3.50. The van der Waals surface area contributed by atoms with Gasteiger partial charge in [-0.15, -0.1) is 0 Å². The molecule has 0 saturated carbocycles. The highest BCUT2D eigenvalue weighted by molar-refractivity contribution is 5.65. The summed E-state index contributed by atoms with van der Waals surface area (Å²) >= 11 is 0. The number of benzene rings is 1. The second-order valence-electron chi connectivity index (χ2n) is 5.96. The van der Waals surface area contributed by atoms with Crippen LogP contribution in [0.2, 0.25) is 0 Å². The molecule has 0 saturated heterocycles. The maximum atomic E-state index is 11.0. The van der Waals surface area contributed by atoms with Crippen LogP contribution in [0.15, 0.2) is 36.4 Å². The van der Waals surface area contributed by atoms with Crippen molar-refractivity contribution in [3.8, 4) is 11.4 Å². The lowest BCUT2D eigenvalue weighted by Gasteiger charge is -2.19. The highest BCUT2D eigenvalue weighted by Gasteiger charge is 2.18. The first-order chi connectivity index (χ1) is 9.86. The lowest BCUT2D eigenvalue weighted by atomic mass is 9.91. The number of aromatic nitrogens is 2. The summed E-state index contributed by atoms with van der Waals surface area (Å²) in [6, 6.07) is 11.7. The number of carbonyl (C=O) groups is 1. The average Bonchev–Trinajstić information content (AvgIpc) is 2.45. The van der Waals surface area contributed by atoms with E-state index in [2.05, 4.69) is 30.7 Å². The quantitative estimate of drug-likeness (QED) is 0.809. The van der Waals surface area contributed by atoms with Gasteiger partial charge in [0.25, 0.3) is 0 Å². The van der Waals surface area contributed by atoms with Crippen LogP contribution >= 0.6 is 0 Å². The van der Waals surface area contributed by atoms with Gasteiger partial charge in [-0.25, -0.2) is 9.97 Å². The van der Waals surface area contributed by atoms with Gasteiger partial charge in [-0.3, -0.25) is 4.79 Å². The molecule has 21 heavy (non-hydrogen) atoms. The monoisotopic (exact) mass is 284 g/mol. The van der Waals surface area contributed by atoms with Crippen molar-refractivity contribution in [2.24, 2.45) is 0 Å². The van der Waals surface area contributed by atoms with Crippen LogP contribution in [0.3, 0.4) is 0 Å². The van der Waals surface area contributed by atoms with Gasteiger partial charge in [-0.2, -0.15) is 0 Å². The van der Waals surface area contributed by atoms with Crippen molar-refractivity contribution in [3.05, 3.63) is 47.8 Å². The Morgan fingerprint density at radius 2 is 1.81 bits per heavy atom. The molecule has 0 bridgehead atoms. The molecule has 0 amide bonds. The van der Waals surface area contributed by atoms with Gasteiger partial charge >= 0.3 is 5.97 Å². The maximum Gasteiger partial charge on any atom is 0.303 e. The molecule has 0 fully saturated rings. The average molecular weight is 284 g/mol. The van der Waals surface area contributed by atoms with Crippen LogP contribution in [0, 0.1) is 0 Å². The summed E-state index contributed by atoms with van der Waals surface area (Å²) in [7, 11) is 0. The summed E-state index contributed by atoms with van der Waals surface area (Å²) in [5.74, 6) is 0.345. The highest BCUT2D eigenvalue weighted by atomic mass is 16.5. The minimum atomic E-state index is -0.313. The van der Waals surface area contributed by atoms with Gasteiger partial charge in [0.05, 0.1) is 11.4 Å². The summed E-state index contributed by atoms with van der Waals surface area (Å²) in [5.41, 5.74) is 2.49. The van der Waals surface area contributed by atoms with E-state index in [0.29, 0.717) is 11.5 Å². The number of esters is 1. The van der Waals surface area contributed by atoms with Crippen molar-refractivity contribution >= 4 is 5.97 Å². The van der Waals surface area contributed by atoms with Crippen LogP contribution in [0.25, 0.3) is 11.4 Å². The molecule has 2 rings (SSSR count). The van der Waals surface area contributed by atoms with Crippen LogP contribution in [-0.2, 0) is 21.6 Å². The van der Waals surface area contributed by atoms with E-state index < -0.39 is 0 Å². The van der Waals surface area contributed by atoms with Crippen molar-refractivity contribution in [3.63, 3.8) is 0 Å². The van der Waals surface area contributed by atoms with E-state index in [1.807, 2.05) is 36.4 Å². The molecule has 0 aliphatic heterocycles. The minimum absolute atomic E-state index is 0.0998. The molecule has 1 aromatic heterocycles. The van der Waals surface area contributed by atoms with Crippen LogP contribution < -0.4 is 0 Å². The Labute approximate surface area is 125 Å². The summed E-state index contributed by atoms with van der Waals surface area (Å²) < 4.78 is 5.06. The van der Waals surface area contributed by atoms with E-state index in [9.17, 15) is 4.79 Å². The van der Waals surface area contributed by atoms with Gasteiger partial charge in [0, 0.05) is 17.9 Å². The Balaban J connectivity index is 2.45. The summed E-state index contributed by atoms with van der Waals surface area (Å²) in [5, 5.41) is 0. The molecule has 0 atom stereocenters. The van der Waals surface area contributed by atoms with Crippen molar-refractivity contribution in [1.82, 2.24) is 9.97 Å². The number of rotatable bonds is 3. The van der Waals surface area contributed by atoms with Crippen molar-refractivity contribution in [2.45, 2.75) is 39.7 Å². The molecule has 4 heteroatoms. The molecule has 1 heterocycles. The zero-order valence-electron chi connectivity index (χ0n) is 12.9. The van der Waals surface area contributed by atoms with Crippen LogP contribution in [-0.4, -0.2) is 15.9 Å². The fourth-order valence-electron chi connectivity index (χ4n) is 1.85. The second kappa shape index (κ2) is 6.04. The number of nitrogens with zero attached hydrogens (tertiary/aromatic N) is 2. The third-order valence-electron chi connectivity index (χ3n) is 3.00. The Kier molecular flexibility index (Phi) is 4.36. The second-order valence-corrected chi connectivity index (χ2v) is 5.96. The summed E-state index contributed by atoms with van der Waals surface area (Å²) in [6.45, 7) is 7.85. The lowest BCUT2D eigenvalue weighted by molar-refractivity contribution is -0.142. The molecule has 0 unspecified atom stereocenters. The van der Waals surface area contributed by atoms with Crippen LogP contribution in [0.4, 0.5) is 0 Å². The highest BCUT2D eigenvalue weighted by Crippen LogP contribution is 2.24. The zero-order chi connectivity index (χ0) is 15.5. The van der Waals surface area contributed by atoms with E-state index in [1.165, 1.54) is 6.92 Å². The molecule has 110 valence electrons. The molecule has 0 aliphatic rings. The standard InChI is InChI=1S/C17H20N2O2/c1-12(20)21-11-14-10-15(17(2,3)4)19-16(18-14)13-8-6-5-7-9-13/h5-10H,11H2,1-4H3. The van der Waals surface area contributed by atoms with Crippen molar-refractivity contribution in [2.75, 3.05) is 0 Å². The number of ether oxygens (including phenoxy) is 1. The van der Waals surface area contributed by atoms with Crippen LogP contribution in [0.5, 0.6) is 0 Å². The zero-order valence-corrected chi connectivity index (χ0v) is 12.9. The normalized spacial score (nSPS) is 11.2. The van der Waals surface area contributed by atoms with E-state index in [0.717, 1.165) is 11.3 Å². The van der Waals surface area contributed by atoms with Gasteiger partial charge in [0.15, 0.2) is 5.82 Å². The molecule has 2 aromatic rings. The molecular weight excluding hydrogens is 264 g/mol. The molecular formula is C17H20N2O2. The van der Waals surface area contributed by atoms with E-state index in [-0.39, 0.29) is 18.0 Å². The van der Waals surface area contributed by atoms with Gasteiger partial charge in [0.2, 0.25) is 0 Å². The topological polar surface area (TPSA) is 52.1 Å². The van der Waals surface area contributed by atoms with E-state index >= 15 is 0 Å². The molecule has 0 aliphatic carbocycles. The molecule has 0 N–H and O–H groups in total. The largest absolute Gasteiger partial charge is 0.459 e. The van der Waals surface area contributed by atoms with Crippen molar-refractivity contribution < 1.29 is 9.53 Å². The third kappa shape index (κ3) is 4.12. The first kappa shape index (κ1) is 15.2. The Bertz CT molecular complexity index is 631. The Hall–Kier alpha value is -2.23. The first-order valence-corrected chi connectivity index (χ1v) is 6.93. The Morgan fingerprint density at radius 3 is 2.38 bits per heavy atom. The number of carbonyl (C=O) groups excluding carboxylic acids is 1. The SMILES string of the molecule is CC(=O)OCc1cc(C(C)(C)C)nc(-c2ccccc2)n1. The third-order valence-corrected chi connectivity index (χ3v) is 3.00. The summed E-state index contributed by atoms with van der Waals surface area (Å²) in [6.07, 6.45) is 0. The molecule has 1 aromatic carbocycles. The van der Waals surface area contributed by atoms with Gasteiger partial charge in [0.1, 0.15) is 6.61 Å². The van der Waals surface area contributed by atoms with Gasteiger partial charge < -0.3 is 4.74 Å². The summed E-state index contributed by atoms with van der Waals surface area (Å²) in [4.78, 5) is 20.1. The van der Waals surface area contributed by atoms with E-state index in [4.69, 9.17) is 4.74 Å².